The molecular weight excluding hydrogens is 172 g/mol. The van der Waals surface area contributed by atoms with Crippen molar-refractivity contribution in [3.05, 3.63) is 0 Å². The Morgan fingerprint density at radius 2 is 1.93 bits per heavy atom. The lowest BCUT2D eigenvalue weighted by molar-refractivity contribution is 0.326. The van der Waals surface area contributed by atoms with Crippen LogP contribution in [0.5, 0.6) is 0 Å². The maximum absolute atomic E-state index is 3.62. The highest BCUT2D eigenvalue weighted by Gasteiger charge is 2.39. The van der Waals surface area contributed by atoms with Crippen molar-refractivity contribution in [2.75, 3.05) is 32.7 Å². The van der Waals surface area contributed by atoms with Crippen LogP contribution in [-0.2, 0) is 0 Å². The molecule has 2 nitrogen and oxygen atoms in total. The zero-order valence-corrected chi connectivity index (χ0v) is 9.52. The van der Waals surface area contributed by atoms with Crippen molar-refractivity contribution >= 4 is 0 Å². The largest absolute Gasteiger partial charge is 0.315 e. The van der Waals surface area contributed by atoms with Crippen LogP contribution in [-0.4, -0.2) is 37.6 Å². The van der Waals surface area contributed by atoms with E-state index in [0.717, 1.165) is 0 Å². The summed E-state index contributed by atoms with van der Waals surface area (Å²) in [4.78, 5) is 2.58. The lowest BCUT2D eigenvalue weighted by Gasteiger charge is -2.17. The summed E-state index contributed by atoms with van der Waals surface area (Å²) in [5.74, 6) is 0. The normalized spacial score (nSPS) is 25.5. The molecule has 2 heteroatoms. The van der Waals surface area contributed by atoms with Crippen LogP contribution in [0.4, 0.5) is 0 Å². The lowest BCUT2D eigenvalue weighted by Crippen LogP contribution is -2.33. The van der Waals surface area contributed by atoms with Gasteiger partial charge in [0.25, 0.3) is 0 Å². The van der Waals surface area contributed by atoms with Gasteiger partial charge in [0.05, 0.1) is 0 Å². The molecule has 1 saturated heterocycles. The molecule has 0 radical (unpaired) electrons. The SMILES string of the molecule is CCC1(CNCCN2CCCC2)CC1. The van der Waals surface area contributed by atoms with Gasteiger partial charge in [0.2, 0.25) is 0 Å². The van der Waals surface area contributed by atoms with Crippen LogP contribution >= 0.6 is 0 Å². The molecule has 2 rings (SSSR count). The Kier molecular flexibility index (Phi) is 3.45. The Bertz CT molecular complexity index is 169. The van der Waals surface area contributed by atoms with Gasteiger partial charge in [-0.2, -0.15) is 0 Å². The molecule has 1 N–H and O–H groups in total. The molecule has 0 aromatic heterocycles. The standard InChI is InChI=1S/C12H24N2/c1-2-12(5-6-12)11-13-7-10-14-8-3-4-9-14/h13H,2-11H2,1H3. The van der Waals surface area contributed by atoms with Crippen LogP contribution in [0.1, 0.15) is 39.0 Å². The van der Waals surface area contributed by atoms with Crippen molar-refractivity contribution in [3.63, 3.8) is 0 Å². The first-order chi connectivity index (χ1) is 6.85. The summed E-state index contributed by atoms with van der Waals surface area (Å²) in [6.07, 6.45) is 7.11. The van der Waals surface area contributed by atoms with Crippen molar-refractivity contribution in [3.8, 4) is 0 Å². The highest BCUT2D eigenvalue weighted by molar-refractivity contribution is 4.93. The van der Waals surface area contributed by atoms with Crippen molar-refractivity contribution < 1.29 is 0 Å². The van der Waals surface area contributed by atoms with Crippen LogP contribution in [0, 0.1) is 5.41 Å². The molecule has 14 heavy (non-hydrogen) atoms. The van der Waals surface area contributed by atoms with E-state index in [4.69, 9.17) is 0 Å². The number of rotatable bonds is 6. The van der Waals surface area contributed by atoms with Gasteiger partial charge in [-0.3, -0.25) is 0 Å². The first kappa shape index (κ1) is 10.4. The van der Waals surface area contributed by atoms with E-state index in [1.54, 1.807) is 0 Å². The summed E-state index contributed by atoms with van der Waals surface area (Å²) in [7, 11) is 0. The molecule has 1 aliphatic carbocycles. The van der Waals surface area contributed by atoms with Crippen molar-refractivity contribution in [2.45, 2.75) is 39.0 Å². The molecule has 0 atom stereocenters. The summed E-state index contributed by atoms with van der Waals surface area (Å²) in [6, 6.07) is 0. The lowest BCUT2D eigenvalue weighted by atomic mass is 10.0. The molecule has 2 aliphatic rings. The highest BCUT2D eigenvalue weighted by atomic mass is 15.1. The van der Waals surface area contributed by atoms with Crippen LogP contribution < -0.4 is 5.32 Å². The monoisotopic (exact) mass is 196 g/mol. The maximum atomic E-state index is 3.62. The Labute approximate surface area is 88.1 Å². The van der Waals surface area contributed by atoms with E-state index in [1.165, 1.54) is 64.8 Å². The first-order valence-electron chi connectivity index (χ1n) is 6.28. The van der Waals surface area contributed by atoms with Gasteiger partial charge in [0.1, 0.15) is 0 Å². The van der Waals surface area contributed by atoms with Gasteiger partial charge in [-0.15, -0.1) is 0 Å². The molecular formula is C12H24N2. The van der Waals surface area contributed by atoms with E-state index >= 15 is 0 Å². The number of hydrogen-bond donors (Lipinski definition) is 1. The molecule has 2 fully saturated rings. The predicted octanol–water partition coefficient (Wildman–Crippen LogP) is 1.86. The second-order valence-electron chi connectivity index (χ2n) is 5.08. The Morgan fingerprint density at radius 3 is 2.50 bits per heavy atom. The third-order valence-electron chi connectivity index (χ3n) is 4.01. The van der Waals surface area contributed by atoms with Crippen molar-refractivity contribution in [1.82, 2.24) is 10.2 Å². The molecule has 0 amide bonds. The molecule has 82 valence electrons. The van der Waals surface area contributed by atoms with Gasteiger partial charge < -0.3 is 10.2 Å². The number of nitrogens with one attached hydrogen (secondary N) is 1. The molecule has 0 aromatic rings. The van der Waals surface area contributed by atoms with Gasteiger partial charge in [0.15, 0.2) is 0 Å². The Hall–Kier alpha value is -0.0800. The second-order valence-corrected chi connectivity index (χ2v) is 5.08. The minimum atomic E-state index is 0.713. The second kappa shape index (κ2) is 4.63. The van der Waals surface area contributed by atoms with Crippen LogP contribution in [0.15, 0.2) is 0 Å². The third-order valence-corrected chi connectivity index (χ3v) is 4.01. The van der Waals surface area contributed by atoms with E-state index in [2.05, 4.69) is 17.1 Å². The first-order valence-corrected chi connectivity index (χ1v) is 6.28. The molecule has 1 heterocycles. The van der Waals surface area contributed by atoms with Crippen molar-refractivity contribution in [2.24, 2.45) is 5.41 Å². The van der Waals surface area contributed by atoms with E-state index in [9.17, 15) is 0 Å². The van der Waals surface area contributed by atoms with Crippen molar-refractivity contribution in [1.29, 1.82) is 0 Å². The summed E-state index contributed by atoms with van der Waals surface area (Å²) >= 11 is 0. The fourth-order valence-corrected chi connectivity index (χ4v) is 2.43. The molecule has 1 saturated carbocycles. The van der Waals surface area contributed by atoms with Crippen LogP contribution in [0.2, 0.25) is 0 Å². The zero-order chi connectivity index (χ0) is 9.86. The zero-order valence-electron chi connectivity index (χ0n) is 9.52. The number of nitrogens with zero attached hydrogens (tertiary/aromatic N) is 1. The van der Waals surface area contributed by atoms with E-state index in [-0.39, 0.29) is 0 Å². The molecule has 0 aromatic carbocycles. The summed E-state index contributed by atoms with van der Waals surface area (Å²) in [5.41, 5.74) is 0.713. The quantitative estimate of drug-likeness (QED) is 0.652. The van der Waals surface area contributed by atoms with Gasteiger partial charge in [0, 0.05) is 19.6 Å². The summed E-state index contributed by atoms with van der Waals surface area (Å²) in [5, 5.41) is 3.62. The fourth-order valence-electron chi connectivity index (χ4n) is 2.43. The van der Waals surface area contributed by atoms with E-state index < -0.39 is 0 Å². The van der Waals surface area contributed by atoms with Gasteiger partial charge in [-0.25, -0.2) is 0 Å². The summed E-state index contributed by atoms with van der Waals surface area (Å²) < 4.78 is 0. The smallest absolute Gasteiger partial charge is 0.0107 e. The number of hydrogen-bond acceptors (Lipinski definition) is 2. The van der Waals surface area contributed by atoms with Crippen LogP contribution in [0.3, 0.4) is 0 Å². The van der Waals surface area contributed by atoms with Gasteiger partial charge >= 0.3 is 0 Å². The summed E-state index contributed by atoms with van der Waals surface area (Å²) in [6.45, 7) is 8.72. The topological polar surface area (TPSA) is 15.3 Å². The average Bonchev–Trinajstić information content (AvgIpc) is 2.81. The molecule has 1 aliphatic heterocycles. The molecule has 0 unspecified atom stereocenters. The van der Waals surface area contributed by atoms with Gasteiger partial charge in [-0.05, 0) is 50.6 Å². The number of likely N-dealkylation sites (tertiary alicyclic amines) is 1. The van der Waals surface area contributed by atoms with E-state index in [0.29, 0.717) is 5.41 Å². The average molecular weight is 196 g/mol. The highest BCUT2D eigenvalue weighted by Crippen LogP contribution is 2.47. The Balaban J connectivity index is 1.50. The fraction of sp³-hybridized carbons (Fsp3) is 1.00. The van der Waals surface area contributed by atoms with Gasteiger partial charge in [-0.1, -0.05) is 6.92 Å². The Morgan fingerprint density at radius 1 is 1.21 bits per heavy atom. The molecule has 0 spiro atoms. The minimum absolute atomic E-state index is 0.713. The maximum Gasteiger partial charge on any atom is 0.0107 e. The van der Waals surface area contributed by atoms with Crippen LogP contribution in [0.25, 0.3) is 0 Å². The molecule has 0 bridgehead atoms. The third kappa shape index (κ3) is 2.71. The predicted molar refractivity (Wildman–Crippen MR) is 60.5 cm³/mol. The minimum Gasteiger partial charge on any atom is -0.315 e. The van der Waals surface area contributed by atoms with E-state index in [1.807, 2.05) is 0 Å².